The van der Waals surface area contributed by atoms with E-state index in [1.165, 1.54) is 0 Å². The van der Waals surface area contributed by atoms with Crippen LogP contribution in [-0.2, 0) is 25.9 Å². The van der Waals surface area contributed by atoms with E-state index in [9.17, 15) is 0 Å². The van der Waals surface area contributed by atoms with Crippen molar-refractivity contribution in [2.45, 2.75) is 79.3 Å². The number of nitrogens with zero attached hydrogens (tertiary/aromatic N) is 3. The zero-order valence-electron chi connectivity index (χ0n) is 17.7. The molecule has 0 aliphatic rings. The van der Waals surface area contributed by atoms with Gasteiger partial charge in [-0.25, -0.2) is 4.99 Å². The maximum atomic E-state index is 5.48. The molecule has 0 bridgehead atoms. The van der Waals surface area contributed by atoms with Crippen LogP contribution >= 0.6 is 24.0 Å². The molecule has 0 radical (unpaired) electrons. The first-order valence-electron chi connectivity index (χ1n) is 10.1. The van der Waals surface area contributed by atoms with Crippen molar-refractivity contribution >= 4 is 29.9 Å². The third-order valence-corrected chi connectivity index (χ3v) is 4.76. The number of rotatable bonds is 10. The third kappa shape index (κ3) is 6.49. The van der Waals surface area contributed by atoms with Crippen LogP contribution in [0.3, 0.4) is 0 Å². The molecule has 2 rings (SSSR count). The van der Waals surface area contributed by atoms with Crippen molar-refractivity contribution in [1.82, 2.24) is 20.9 Å². The van der Waals surface area contributed by atoms with Crippen LogP contribution in [0.5, 0.6) is 0 Å². The number of nitrogens with one attached hydrogen (secondary N) is 2. The van der Waals surface area contributed by atoms with Crippen LogP contribution in [0.4, 0.5) is 0 Å². The lowest BCUT2D eigenvalue weighted by Gasteiger charge is -2.10. The summed E-state index contributed by atoms with van der Waals surface area (Å²) in [7, 11) is 0. The van der Waals surface area contributed by atoms with Crippen molar-refractivity contribution in [1.29, 1.82) is 0 Å². The van der Waals surface area contributed by atoms with E-state index in [0.29, 0.717) is 19.0 Å². The lowest BCUT2D eigenvalue weighted by Crippen LogP contribution is -2.36. The topological polar surface area (TPSA) is 88.5 Å². The van der Waals surface area contributed by atoms with Crippen LogP contribution in [0.2, 0.25) is 0 Å². The van der Waals surface area contributed by atoms with E-state index < -0.39 is 0 Å². The fourth-order valence-electron chi connectivity index (χ4n) is 3.10. The molecule has 0 fully saturated rings. The van der Waals surface area contributed by atoms with Crippen molar-refractivity contribution in [3.8, 4) is 0 Å². The van der Waals surface area contributed by atoms with Crippen LogP contribution in [0.1, 0.15) is 81.9 Å². The van der Waals surface area contributed by atoms with Crippen molar-refractivity contribution in [3.05, 3.63) is 34.5 Å². The SMILES string of the molecule is CCNC(=NCc1c(CC)noc1CC)NCc1cc(C(CC)CC)no1.I. The highest BCUT2D eigenvalue weighted by atomic mass is 127. The number of hydrogen-bond acceptors (Lipinski definition) is 5. The Kier molecular flexibility index (Phi) is 11.2. The van der Waals surface area contributed by atoms with E-state index >= 15 is 0 Å². The molecule has 2 heterocycles. The first kappa shape index (κ1) is 24.5. The highest BCUT2D eigenvalue weighted by molar-refractivity contribution is 14.0. The second-order valence-electron chi connectivity index (χ2n) is 6.52. The van der Waals surface area contributed by atoms with Gasteiger partial charge in [-0.15, -0.1) is 24.0 Å². The lowest BCUT2D eigenvalue weighted by atomic mass is 9.99. The predicted molar refractivity (Wildman–Crippen MR) is 122 cm³/mol. The average Bonchev–Trinajstić information content (AvgIpc) is 3.31. The molecule has 158 valence electrons. The first-order chi connectivity index (χ1) is 13.2. The van der Waals surface area contributed by atoms with Gasteiger partial charge in [0.05, 0.1) is 24.5 Å². The normalized spacial score (nSPS) is 11.6. The van der Waals surface area contributed by atoms with Crippen LogP contribution in [0.15, 0.2) is 20.1 Å². The van der Waals surface area contributed by atoms with Crippen molar-refractivity contribution < 1.29 is 9.05 Å². The van der Waals surface area contributed by atoms with Gasteiger partial charge >= 0.3 is 0 Å². The summed E-state index contributed by atoms with van der Waals surface area (Å²) in [4.78, 5) is 4.69. The summed E-state index contributed by atoms with van der Waals surface area (Å²) in [6.45, 7) is 12.4. The third-order valence-electron chi connectivity index (χ3n) is 4.76. The Balaban J connectivity index is 0.00000392. The number of aliphatic imine (C=N–C) groups is 1. The van der Waals surface area contributed by atoms with Crippen LogP contribution in [0.25, 0.3) is 0 Å². The summed E-state index contributed by atoms with van der Waals surface area (Å²) in [5, 5.41) is 15.0. The zero-order valence-corrected chi connectivity index (χ0v) is 20.0. The molecule has 0 amide bonds. The monoisotopic (exact) mass is 503 g/mol. The highest BCUT2D eigenvalue weighted by Crippen LogP contribution is 2.22. The standard InChI is InChI=1S/C20H33N5O2.HI/c1-6-14(7-2)18-11-15(26-25-18)12-22-20(21-10-5)23-13-16-17(8-3)24-27-19(16)9-4;/h11,14H,6-10,12-13H2,1-5H3,(H2,21,22,23);1H. The van der Waals surface area contributed by atoms with Gasteiger partial charge < -0.3 is 19.7 Å². The molecule has 0 saturated heterocycles. The van der Waals surface area contributed by atoms with Gasteiger partial charge in [0, 0.05) is 30.5 Å². The van der Waals surface area contributed by atoms with Gasteiger partial charge in [0.2, 0.25) is 0 Å². The Labute approximate surface area is 185 Å². The Hall–Kier alpha value is -1.58. The molecule has 2 N–H and O–H groups in total. The zero-order chi connectivity index (χ0) is 19.6. The summed E-state index contributed by atoms with van der Waals surface area (Å²) in [6.07, 6.45) is 3.80. The summed E-state index contributed by atoms with van der Waals surface area (Å²) in [6, 6.07) is 2.04. The van der Waals surface area contributed by atoms with Gasteiger partial charge in [-0.3, -0.25) is 0 Å². The van der Waals surface area contributed by atoms with E-state index in [4.69, 9.17) is 14.0 Å². The molecule has 0 aliphatic heterocycles. The van der Waals surface area contributed by atoms with E-state index in [2.05, 4.69) is 48.6 Å². The molecule has 0 unspecified atom stereocenters. The molecule has 2 aromatic rings. The largest absolute Gasteiger partial charge is 0.361 e. The minimum atomic E-state index is 0. The van der Waals surface area contributed by atoms with Gasteiger partial charge in [0.15, 0.2) is 11.7 Å². The molecule has 8 heteroatoms. The fourth-order valence-corrected chi connectivity index (χ4v) is 3.10. The minimum absolute atomic E-state index is 0. The second kappa shape index (κ2) is 12.8. The van der Waals surface area contributed by atoms with Crippen molar-refractivity contribution in [2.75, 3.05) is 6.54 Å². The van der Waals surface area contributed by atoms with Gasteiger partial charge in [-0.2, -0.15) is 0 Å². The lowest BCUT2D eigenvalue weighted by molar-refractivity contribution is 0.368. The van der Waals surface area contributed by atoms with Gasteiger partial charge in [0.25, 0.3) is 0 Å². The summed E-state index contributed by atoms with van der Waals surface area (Å²) in [5.41, 5.74) is 3.10. The van der Waals surface area contributed by atoms with Crippen LogP contribution in [-0.4, -0.2) is 22.8 Å². The Morgan fingerprint density at radius 3 is 2.39 bits per heavy atom. The fraction of sp³-hybridized carbons (Fsp3) is 0.650. The van der Waals surface area contributed by atoms with Gasteiger partial charge in [-0.1, -0.05) is 38.0 Å². The van der Waals surface area contributed by atoms with E-state index in [1.807, 2.05) is 13.0 Å². The molecule has 2 aromatic heterocycles. The quantitative estimate of drug-likeness (QED) is 0.281. The van der Waals surface area contributed by atoms with Crippen LogP contribution in [0, 0.1) is 0 Å². The maximum absolute atomic E-state index is 5.48. The van der Waals surface area contributed by atoms with Gasteiger partial charge in [0.1, 0.15) is 5.76 Å². The Morgan fingerprint density at radius 2 is 1.79 bits per heavy atom. The number of halogens is 1. The summed E-state index contributed by atoms with van der Waals surface area (Å²) in [5.74, 6) is 2.92. The van der Waals surface area contributed by atoms with E-state index in [-0.39, 0.29) is 24.0 Å². The molecule has 0 aliphatic carbocycles. The van der Waals surface area contributed by atoms with Crippen LogP contribution < -0.4 is 10.6 Å². The highest BCUT2D eigenvalue weighted by Gasteiger charge is 2.14. The molecular formula is C20H34IN5O2. The summed E-state index contributed by atoms with van der Waals surface area (Å²) >= 11 is 0. The molecule has 7 nitrogen and oxygen atoms in total. The van der Waals surface area contributed by atoms with E-state index in [0.717, 1.165) is 66.7 Å². The Bertz CT molecular complexity index is 701. The second-order valence-corrected chi connectivity index (χ2v) is 6.52. The van der Waals surface area contributed by atoms with Crippen molar-refractivity contribution in [2.24, 2.45) is 4.99 Å². The number of guanidine groups is 1. The summed E-state index contributed by atoms with van der Waals surface area (Å²) < 4.78 is 10.9. The maximum Gasteiger partial charge on any atom is 0.191 e. The molecule has 0 saturated carbocycles. The minimum Gasteiger partial charge on any atom is -0.361 e. The molecule has 0 aromatic carbocycles. The van der Waals surface area contributed by atoms with Gasteiger partial charge in [-0.05, 0) is 26.2 Å². The smallest absolute Gasteiger partial charge is 0.191 e. The average molecular weight is 503 g/mol. The van der Waals surface area contributed by atoms with Crippen molar-refractivity contribution in [3.63, 3.8) is 0 Å². The number of aromatic nitrogens is 2. The number of hydrogen-bond donors (Lipinski definition) is 2. The number of aryl methyl sites for hydroxylation is 2. The van der Waals surface area contributed by atoms with E-state index in [1.54, 1.807) is 0 Å². The molecule has 0 spiro atoms. The Morgan fingerprint density at radius 1 is 1.04 bits per heavy atom. The molecular weight excluding hydrogens is 469 g/mol. The molecule has 28 heavy (non-hydrogen) atoms. The predicted octanol–water partition coefficient (Wildman–Crippen LogP) is 4.56. The first-order valence-corrected chi connectivity index (χ1v) is 10.1. The molecule has 0 atom stereocenters.